The Morgan fingerprint density at radius 1 is 1.47 bits per heavy atom. The van der Waals surface area contributed by atoms with Crippen LogP contribution in [-0.4, -0.2) is 36.3 Å². The first-order chi connectivity index (χ1) is 8.26. The Bertz CT molecular complexity index is 429. The SMILES string of the molecule is COC1CN(c2nccnc2C#N)CCC1C. The first kappa shape index (κ1) is 11.8. The van der Waals surface area contributed by atoms with Gasteiger partial charge in [0.1, 0.15) is 6.07 Å². The zero-order chi connectivity index (χ0) is 12.3. The molecule has 0 aliphatic carbocycles. The Kier molecular flexibility index (Phi) is 3.55. The van der Waals surface area contributed by atoms with Crippen molar-refractivity contribution in [3.63, 3.8) is 0 Å². The van der Waals surface area contributed by atoms with E-state index in [4.69, 9.17) is 10.00 Å². The molecule has 0 N–H and O–H groups in total. The van der Waals surface area contributed by atoms with E-state index in [1.807, 2.05) is 0 Å². The van der Waals surface area contributed by atoms with Crippen molar-refractivity contribution in [2.45, 2.75) is 19.4 Å². The Balaban J connectivity index is 2.21. The Morgan fingerprint density at radius 2 is 2.24 bits per heavy atom. The Morgan fingerprint density at radius 3 is 2.94 bits per heavy atom. The third-order valence-corrected chi connectivity index (χ3v) is 3.28. The van der Waals surface area contributed by atoms with Crippen LogP contribution in [0.3, 0.4) is 0 Å². The molecule has 1 aromatic rings. The van der Waals surface area contributed by atoms with Crippen molar-refractivity contribution in [2.75, 3.05) is 25.1 Å². The Hall–Kier alpha value is -1.67. The molecule has 0 spiro atoms. The predicted molar refractivity (Wildman–Crippen MR) is 63.5 cm³/mol. The predicted octanol–water partition coefficient (Wildman–Crippen LogP) is 1.21. The molecule has 0 amide bonds. The normalized spacial score (nSPS) is 24.4. The molecule has 5 heteroatoms. The number of rotatable bonds is 2. The lowest BCUT2D eigenvalue weighted by Gasteiger charge is -2.36. The summed E-state index contributed by atoms with van der Waals surface area (Å²) in [7, 11) is 1.73. The van der Waals surface area contributed by atoms with Crippen molar-refractivity contribution in [1.29, 1.82) is 5.26 Å². The summed E-state index contributed by atoms with van der Waals surface area (Å²) >= 11 is 0. The van der Waals surface area contributed by atoms with Gasteiger partial charge in [0, 0.05) is 32.6 Å². The monoisotopic (exact) mass is 232 g/mol. The van der Waals surface area contributed by atoms with E-state index >= 15 is 0 Å². The minimum atomic E-state index is 0.192. The molecule has 5 nitrogen and oxygen atoms in total. The zero-order valence-corrected chi connectivity index (χ0v) is 10.1. The number of nitriles is 1. The summed E-state index contributed by atoms with van der Waals surface area (Å²) in [5.41, 5.74) is 0.386. The molecular formula is C12H16N4O. The molecule has 0 saturated carbocycles. The van der Waals surface area contributed by atoms with E-state index in [0.29, 0.717) is 17.4 Å². The van der Waals surface area contributed by atoms with Crippen molar-refractivity contribution in [2.24, 2.45) is 5.92 Å². The average Bonchev–Trinajstić information content (AvgIpc) is 2.39. The number of hydrogen-bond donors (Lipinski definition) is 0. The van der Waals surface area contributed by atoms with E-state index in [-0.39, 0.29) is 6.10 Å². The number of piperidine rings is 1. The zero-order valence-electron chi connectivity index (χ0n) is 10.1. The summed E-state index contributed by atoms with van der Waals surface area (Å²) in [6, 6.07) is 2.08. The minimum absolute atomic E-state index is 0.192. The lowest BCUT2D eigenvalue weighted by atomic mass is 9.96. The van der Waals surface area contributed by atoms with Gasteiger partial charge in [0.25, 0.3) is 0 Å². The van der Waals surface area contributed by atoms with Crippen LogP contribution in [0.15, 0.2) is 12.4 Å². The molecule has 2 unspecified atom stereocenters. The molecular weight excluding hydrogens is 216 g/mol. The molecule has 1 aliphatic heterocycles. The number of methoxy groups -OCH3 is 1. The van der Waals surface area contributed by atoms with Crippen LogP contribution in [0.4, 0.5) is 5.82 Å². The molecule has 1 aliphatic rings. The van der Waals surface area contributed by atoms with Gasteiger partial charge in [-0.2, -0.15) is 5.26 Å². The smallest absolute Gasteiger partial charge is 0.183 e. The number of anilines is 1. The lowest BCUT2D eigenvalue weighted by molar-refractivity contribution is 0.0496. The van der Waals surface area contributed by atoms with Crippen molar-refractivity contribution < 1.29 is 4.74 Å². The first-order valence-corrected chi connectivity index (χ1v) is 5.75. The highest BCUT2D eigenvalue weighted by molar-refractivity contribution is 5.49. The third kappa shape index (κ3) is 2.37. The molecule has 2 heterocycles. The second-order valence-corrected chi connectivity index (χ2v) is 4.33. The van der Waals surface area contributed by atoms with E-state index in [2.05, 4.69) is 27.9 Å². The molecule has 1 fully saturated rings. The molecule has 0 bridgehead atoms. The van der Waals surface area contributed by atoms with Crippen LogP contribution in [0.5, 0.6) is 0 Å². The molecule has 0 radical (unpaired) electrons. The van der Waals surface area contributed by atoms with Gasteiger partial charge in [-0.3, -0.25) is 0 Å². The van der Waals surface area contributed by atoms with Gasteiger partial charge >= 0.3 is 0 Å². The largest absolute Gasteiger partial charge is 0.379 e. The fourth-order valence-corrected chi connectivity index (χ4v) is 2.17. The highest BCUT2D eigenvalue weighted by Gasteiger charge is 2.28. The van der Waals surface area contributed by atoms with Crippen LogP contribution in [0.1, 0.15) is 19.0 Å². The highest BCUT2D eigenvalue weighted by atomic mass is 16.5. The van der Waals surface area contributed by atoms with Crippen molar-refractivity contribution in [3.05, 3.63) is 18.1 Å². The van der Waals surface area contributed by atoms with Gasteiger partial charge in [-0.05, 0) is 12.3 Å². The summed E-state index contributed by atoms with van der Waals surface area (Å²) in [5.74, 6) is 1.21. The number of nitrogens with zero attached hydrogens (tertiary/aromatic N) is 4. The van der Waals surface area contributed by atoms with E-state index < -0.39 is 0 Å². The maximum atomic E-state index is 9.01. The van der Waals surface area contributed by atoms with Gasteiger partial charge in [-0.25, -0.2) is 9.97 Å². The third-order valence-electron chi connectivity index (χ3n) is 3.28. The van der Waals surface area contributed by atoms with Gasteiger partial charge in [0.15, 0.2) is 11.5 Å². The van der Waals surface area contributed by atoms with Crippen LogP contribution in [0.2, 0.25) is 0 Å². The average molecular weight is 232 g/mol. The second kappa shape index (κ2) is 5.11. The van der Waals surface area contributed by atoms with E-state index in [1.54, 1.807) is 19.5 Å². The van der Waals surface area contributed by atoms with Crippen LogP contribution in [-0.2, 0) is 4.74 Å². The number of ether oxygens (including phenoxy) is 1. The fourth-order valence-electron chi connectivity index (χ4n) is 2.17. The van der Waals surface area contributed by atoms with Gasteiger partial charge in [0.2, 0.25) is 0 Å². The van der Waals surface area contributed by atoms with Crippen LogP contribution < -0.4 is 4.90 Å². The van der Waals surface area contributed by atoms with Gasteiger partial charge in [-0.15, -0.1) is 0 Å². The topological polar surface area (TPSA) is 62.0 Å². The van der Waals surface area contributed by atoms with Gasteiger partial charge < -0.3 is 9.64 Å². The molecule has 90 valence electrons. The molecule has 17 heavy (non-hydrogen) atoms. The van der Waals surface area contributed by atoms with Crippen molar-refractivity contribution >= 4 is 5.82 Å². The van der Waals surface area contributed by atoms with Crippen molar-refractivity contribution in [3.8, 4) is 6.07 Å². The standard InChI is InChI=1S/C12H16N4O/c1-9-3-6-16(8-11(9)17-2)12-10(7-13)14-4-5-15-12/h4-5,9,11H,3,6,8H2,1-2H3. The molecule has 1 aromatic heterocycles. The Labute approximate surface area is 101 Å². The van der Waals surface area contributed by atoms with Crippen LogP contribution in [0, 0.1) is 17.2 Å². The molecule has 1 saturated heterocycles. The summed E-state index contributed by atoms with van der Waals surface area (Å²) in [4.78, 5) is 10.4. The maximum Gasteiger partial charge on any atom is 0.183 e. The van der Waals surface area contributed by atoms with Gasteiger partial charge in [0.05, 0.1) is 6.10 Å². The highest BCUT2D eigenvalue weighted by Crippen LogP contribution is 2.24. The molecule has 2 atom stereocenters. The first-order valence-electron chi connectivity index (χ1n) is 5.75. The summed E-state index contributed by atoms with van der Waals surface area (Å²) in [6.45, 7) is 3.85. The fraction of sp³-hybridized carbons (Fsp3) is 0.583. The van der Waals surface area contributed by atoms with Crippen LogP contribution >= 0.6 is 0 Å². The van der Waals surface area contributed by atoms with E-state index in [1.165, 1.54) is 0 Å². The quantitative estimate of drug-likeness (QED) is 0.767. The van der Waals surface area contributed by atoms with Gasteiger partial charge in [-0.1, -0.05) is 6.92 Å². The number of aromatic nitrogens is 2. The summed E-state index contributed by atoms with van der Waals surface area (Å²) in [5, 5.41) is 9.01. The summed E-state index contributed by atoms with van der Waals surface area (Å²) < 4.78 is 5.46. The number of hydrogen-bond acceptors (Lipinski definition) is 5. The molecule has 0 aromatic carbocycles. The van der Waals surface area contributed by atoms with Crippen molar-refractivity contribution in [1.82, 2.24) is 9.97 Å². The lowest BCUT2D eigenvalue weighted by Crippen LogP contribution is -2.44. The maximum absolute atomic E-state index is 9.01. The van der Waals surface area contributed by atoms with E-state index in [0.717, 1.165) is 19.5 Å². The minimum Gasteiger partial charge on any atom is -0.379 e. The van der Waals surface area contributed by atoms with E-state index in [9.17, 15) is 0 Å². The molecule has 2 rings (SSSR count). The second-order valence-electron chi connectivity index (χ2n) is 4.33. The van der Waals surface area contributed by atoms with Crippen LogP contribution in [0.25, 0.3) is 0 Å². The summed E-state index contributed by atoms with van der Waals surface area (Å²) in [6.07, 6.45) is 4.40.